The van der Waals surface area contributed by atoms with Crippen LogP contribution in [0.15, 0.2) is 18.2 Å². The summed E-state index contributed by atoms with van der Waals surface area (Å²) in [6, 6.07) is 5.25. The van der Waals surface area contributed by atoms with Crippen LogP contribution in [0.2, 0.25) is 0 Å². The van der Waals surface area contributed by atoms with Crippen LogP contribution in [0.25, 0.3) is 0 Å². The summed E-state index contributed by atoms with van der Waals surface area (Å²) in [5.41, 5.74) is 0.588. The number of Topliss-reactive ketones (excluding diaryl/α,β-unsaturated/α-hetero) is 1. The zero-order valence-corrected chi connectivity index (χ0v) is 17.3. The lowest BCUT2D eigenvalue weighted by Gasteiger charge is -2.15. The van der Waals surface area contributed by atoms with Gasteiger partial charge in [0.25, 0.3) is 0 Å². The van der Waals surface area contributed by atoms with E-state index in [9.17, 15) is 13.4 Å². The predicted molar refractivity (Wildman–Crippen MR) is 108 cm³/mol. The Kier molecular flexibility index (Phi) is 9.42. The molecule has 1 aliphatic rings. The lowest BCUT2D eigenvalue weighted by Crippen LogP contribution is -2.22. The Bertz CT molecular complexity index is 634. The summed E-state index contributed by atoms with van der Waals surface area (Å²) in [7, 11) is -0.963. The van der Waals surface area contributed by atoms with Crippen LogP contribution in [0.4, 0.5) is 4.39 Å². The molecule has 1 aromatic carbocycles. The molecule has 1 N–H and O–H groups in total. The first-order valence-electron chi connectivity index (χ1n) is 9.93. The van der Waals surface area contributed by atoms with E-state index in [1.54, 1.807) is 19.1 Å². The maximum atomic E-state index is 14.7. The third-order valence-corrected chi connectivity index (χ3v) is 6.35. The van der Waals surface area contributed by atoms with Gasteiger partial charge in [0, 0.05) is 22.3 Å². The van der Waals surface area contributed by atoms with E-state index in [4.69, 9.17) is 4.74 Å². The van der Waals surface area contributed by atoms with Crippen LogP contribution in [0.1, 0.15) is 57.4 Å². The van der Waals surface area contributed by atoms with Gasteiger partial charge in [-0.15, -0.1) is 0 Å². The molecule has 1 fully saturated rings. The molecule has 6 heteroatoms. The molecule has 1 aromatic rings. The molecule has 0 amide bonds. The Morgan fingerprint density at radius 3 is 2.81 bits per heavy atom. The normalized spacial score (nSPS) is 16.1. The van der Waals surface area contributed by atoms with Gasteiger partial charge in [-0.25, -0.2) is 4.39 Å². The second-order valence-electron chi connectivity index (χ2n) is 7.56. The van der Waals surface area contributed by atoms with Crippen LogP contribution < -0.4 is 10.1 Å². The maximum Gasteiger partial charge on any atom is 0.168 e. The first-order valence-corrected chi connectivity index (χ1v) is 11.4. The average Bonchev–Trinajstić information content (AvgIpc) is 3.44. The first-order chi connectivity index (χ1) is 13.0. The molecule has 1 aliphatic carbocycles. The van der Waals surface area contributed by atoms with E-state index in [0.717, 1.165) is 25.8 Å². The van der Waals surface area contributed by atoms with Crippen molar-refractivity contribution in [1.29, 1.82) is 0 Å². The van der Waals surface area contributed by atoms with Crippen molar-refractivity contribution in [3.63, 3.8) is 0 Å². The summed E-state index contributed by atoms with van der Waals surface area (Å²) >= 11 is 0. The van der Waals surface area contributed by atoms with Gasteiger partial charge in [0.1, 0.15) is 5.78 Å². The molecule has 0 aromatic heterocycles. The number of halogens is 1. The highest BCUT2D eigenvalue weighted by Gasteiger charge is 2.23. The number of carbonyl (C=O) groups is 1. The molecule has 152 valence electrons. The number of benzene rings is 1. The average molecular weight is 398 g/mol. The molecular weight excluding hydrogens is 365 g/mol. The summed E-state index contributed by atoms with van der Waals surface area (Å²) in [6.45, 7) is 5.30. The van der Waals surface area contributed by atoms with Crippen LogP contribution in [-0.4, -0.2) is 41.2 Å². The smallest absolute Gasteiger partial charge is 0.168 e. The highest BCUT2D eigenvalue weighted by molar-refractivity contribution is 7.85. The molecule has 2 atom stereocenters. The Morgan fingerprint density at radius 1 is 1.33 bits per heavy atom. The van der Waals surface area contributed by atoms with Gasteiger partial charge in [-0.05, 0) is 62.6 Å². The monoisotopic (exact) mass is 397 g/mol. The Hall–Kier alpha value is -1.27. The summed E-state index contributed by atoms with van der Waals surface area (Å²) in [5, 5.41) is 3.08. The van der Waals surface area contributed by atoms with Crippen molar-refractivity contribution >= 4 is 16.6 Å². The van der Waals surface area contributed by atoms with E-state index in [2.05, 4.69) is 5.32 Å². The van der Waals surface area contributed by atoms with Crippen molar-refractivity contribution in [2.75, 3.05) is 31.2 Å². The maximum absolute atomic E-state index is 14.7. The van der Waals surface area contributed by atoms with Crippen molar-refractivity contribution in [1.82, 2.24) is 5.32 Å². The molecule has 27 heavy (non-hydrogen) atoms. The summed E-state index contributed by atoms with van der Waals surface area (Å²) in [5.74, 6) is 1.72. The minimum Gasteiger partial charge on any atom is -0.490 e. The van der Waals surface area contributed by atoms with E-state index in [1.807, 2.05) is 13.0 Å². The van der Waals surface area contributed by atoms with Crippen molar-refractivity contribution in [2.45, 2.75) is 51.9 Å². The number of carbonyl (C=O) groups excluding carboxylic acids is 1. The van der Waals surface area contributed by atoms with E-state index in [0.29, 0.717) is 41.9 Å². The third-order valence-electron chi connectivity index (χ3n) is 4.73. The SMILES string of the molecule is CC(=O)CNCCCCCS(=O)C[C@@H](C)c1cccc(OCC2CC2)c1F. The fraction of sp³-hybridized carbons (Fsp3) is 0.667. The topological polar surface area (TPSA) is 55.4 Å². The number of rotatable bonds is 14. The minimum absolute atomic E-state index is 0.104. The molecule has 4 nitrogen and oxygen atoms in total. The lowest BCUT2D eigenvalue weighted by molar-refractivity contribution is -0.116. The number of hydrogen-bond acceptors (Lipinski definition) is 4. The van der Waals surface area contributed by atoms with Gasteiger partial charge in [-0.1, -0.05) is 25.5 Å². The van der Waals surface area contributed by atoms with Crippen molar-refractivity contribution in [3.8, 4) is 5.75 Å². The van der Waals surface area contributed by atoms with Crippen molar-refractivity contribution < 1.29 is 18.1 Å². The van der Waals surface area contributed by atoms with E-state index >= 15 is 0 Å². The molecule has 0 spiro atoms. The van der Waals surface area contributed by atoms with Crippen LogP contribution in [0, 0.1) is 11.7 Å². The minimum atomic E-state index is -0.963. The number of ketones is 1. The fourth-order valence-electron chi connectivity index (χ4n) is 2.92. The van der Waals surface area contributed by atoms with Crippen molar-refractivity contribution in [3.05, 3.63) is 29.6 Å². The van der Waals surface area contributed by atoms with Gasteiger partial charge in [0.2, 0.25) is 0 Å². The second-order valence-corrected chi connectivity index (χ2v) is 9.19. The zero-order valence-electron chi connectivity index (χ0n) is 16.5. The largest absolute Gasteiger partial charge is 0.490 e. The van der Waals surface area contributed by atoms with Gasteiger partial charge in [0.05, 0.1) is 13.2 Å². The highest BCUT2D eigenvalue weighted by atomic mass is 32.2. The van der Waals surface area contributed by atoms with Gasteiger partial charge in [0.15, 0.2) is 11.6 Å². The molecule has 0 aliphatic heterocycles. The van der Waals surface area contributed by atoms with Crippen molar-refractivity contribution in [2.24, 2.45) is 5.92 Å². The van der Waals surface area contributed by atoms with E-state index in [1.165, 1.54) is 12.8 Å². The van der Waals surface area contributed by atoms with Gasteiger partial charge in [-0.2, -0.15) is 0 Å². The molecule has 0 heterocycles. The Balaban J connectivity index is 1.69. The number of hydrogen-bond donors (Lipinski definition) is 1. The Labute approximate surface area is 164 Å². The second kappa shape index (κ2) is 11.5. The quantitative estimate of drug-likeness (QED) is 0.485. The molecule has 0 radical (unpaired) electrons. The molecule has 0 bridgehead atoms. The number of unbranched alkanes of at least 4 members (excludes halogenated alkanes) is 2. The summed E-state index contributed by atoms with van der Waals surface area (Å²) < 4.78 is 32.6. The number of nitrogens with one attached hydrogen (secondary N) is 1. The third kappa shape index (κ3) is 8.52. The molecule has 0 saturated heterocycles. The standard InChI is InChI=1S/C21H32FNO3S/c1-16(15-27(25)12-5-3-4-11-23-13-17(2)24)19-7-6-8-20(21(19)22)26-14-18-9-10-18/h6-8,16,18,23H,3-5,9-15H2,1-2H3/t16-,27?/m1/s1. The lowest BCUT2D eigenvalue weighted by atomic mass is 10.0. The zero-order chi connectivity index (χ0) is 19.6. The molecule has 1 unspecified atom stereocenters. The Morgan fingerprint density at radius 2 is 2.11 bits per heavy atom. The van der Waals surface area contributed by atoms with Gasteiger partial charge in [-0.3, -0.25) is 9.00 Å². The van der Waals surface area contributed by atoms with Gasteiger partial charge < -0.3 is 10.1 Å². The summed E-state index contributed by atoms with van der Waals surface area (Å²) in [4.78, 5) is 10.8. The first kappa shape index (κ1) is 22.0. The van der Waals surface area contributed by atoms with E-state index in [-0.39, 0.29) is 17.5 Å². The van der Waals surface area contributed by atoms with Crippen LogP contribution >= 0.6 is 0 Å². The molecular formula is C21H32FNO3S. The van der Waals surface area contributed by atoms with E-state index < -0.39 is 10.8 Å². The van der Waals surface area contributed by atoms with Crippen LogP contribution in [-0.2, 0) is 15.6 Å². The van der Waals surface area contributed by atoms with Gasteiger partial charge >= 0.3 is 0 Å². The summed E-state index contributed by atoms with van der Waals surface area (Å²) in [6.07, 6.45) is 5.17. The van der Waals surface area contributed by atoms with Crippen LogP contribution in [0.3, 0.4) is 0 Å². The molecule has 1 saturated carbocycles. The predicted octanol–water partition coefficient (Wildman–Crippen LogP) is 3.82. The highest BCUT2D eigenvalue weighted by Crippen LogP contribution is 2.32. The van der Waals surface area contributed by atoms with Crippen LogP contribution in [0.5, 0.6) is 5.75 Å². The number of ether oxygens (including phenoxy) is 1. The fourth-order valence-corrected chi connectivity index (χ4v) is 4.35. The molecule has 2 rings (SSSR count).